The van der Waals surface area contributed by atoms with Crippen molar-refractivity contribution < 1.29 is 22.9 Å². The summed E-state index contributed by atoms with van der Waals surface area (Å²) >= 11 is 1.96. The number of halogens is 2. The smallest absolute Gasteiger partial charge is 0.262 e. The maximum absolute atomic E-state index is 14.4. The van der Waals surface area contributed by atoms with Crippen LogP contribution >= 0.6 is 28.5 Å². The number of carbonyl (C=O) groups excluding carboxylic acids is 1. The Morgan fingerprint density at radius 2 is 2.37 bits per heavy atom. The molecule has 1 N–H and O–H groups in total. The number of hydrogen-bond acceptors (Lipinski definition) is 5. The molecule has 0 aromatic heterocycles. The van der Waals surface area contributed by atoms with Gasteiger partial charge in [0.1, 0.15) is 23.1 Å². The summed E-state index contributed by atoms with van der Waals surface area (Å²) in [5, 5.41) is 3.97. The van der Waals surface area contributed by atoms with Crippen molar-refractivity contribution in [2.24, 2.45) is 5.16 Å². The van der Waals surface area contributed by atoms with Crippen molar-refractivity contribution in [3.05, 3.63) is 35.1 Å². The molecule has 4 atom stereocenters. The van der Waals surface area contributed by atoms with Crippen LogP contribution in [0.3, 0.4) is 0 Å². The summed E-state index contributed by atoms with van der Waals surface area (Å²) in [6.45, 7) is 3.30. The molecule has 6 nitrogen and oxygen atoms in total. The topological polar surface area (TPSA) is 77.0 Å². The fourth-order valence-electron chi connectivity index (χ4n) is 2.62. The Kier molecular flexibility index (Phi) is 8.16. The van der Waals surface area contributed by atoms with E-state index in [4.69, 9.17) is 9.46 Å². The summed E-state index contributed by atoms with van der Waals surface area (Å²) in [5.74, 6) is 4.59. The van der Waals surface area contributed by atoms with Gasteiger partial charge in [-0.25, -0.2) is 14.5 Å². The van der Waals surface area contributed by atoms with Crippen LogP contribution in [0.2, 0.25) is 0 Å². The van der Waals surface area contributed by atoms with E-state index in [2.05, 4.69) is 22.5 Å². The van der Waals surface area contributed by atoms with Gasteiger partial charge in [-0.1, -0.05) is 11.1 Å². The molecule has 0 spiro atoms. The highest BCUT2D eigenvalue weighted by Gasteiger charge is 2.42. The molecule has 0 aliphatic carbocycles. The molecule has 146 valence electrons. The third kappa shape index (κ3) is 5.47. The van der Waals surface area contributed by atoms with Gasteiger partial charge in [0.25, 0.3) is 5.91 Å². The van der Waals surface area contributed by atoms with E-state index in [9.17, 15) is 13.4 Å². The molecule has 0 saturated carbocycles. The Morgan fingerprint density at radius 3 is 2.96 bits per heavy atom. The first-order valence-corrected chi connectivity index (χ1v) is 13.5. The quantitative estimate of drug-likeness (QED) is 0.257. The van der Waals surface area contributed by atoms with Crippen LogP contribution in [-0.2, 0) is 25.1 Å². The van der Waals surface area contributed by atoms with E-state index in [1.165, 1.54) is 12.3 Å². The number of nitrogens with one attached hydrogen (secondary N) is 1. The van der Waals surface area contributed by atoms with E-state index < -0.39 is 33.4 Å². The fraction of sp³-hybridized carbons (Fsp3) is 0.412. The SMILES string of the molecule is CC#Cc1ccc(C2=NOC(C[C@](C)(C(=O)NOPI)S(C)=O)C2)c(F)c1. The molecule has 1 amide bonds. The van der Waals surface area contributed by atoms with E-state index in [1.54, 1.807) is 26.0 Å². The second-order valence-corrected chi connectivity index (χ2v) is 9.53. The first-order valence-electron chi connectivity index (χ1n) is 7.92. The molecule has 1 aromatic rings. The summed E-state index contributed by atoms with van der Waals surface area (Å²) in [4.78, 5) is 17.8. The molecule has 0 saturated heterocycles. The first-order chi connectivity index (χ1) is 12.8. The minimum atomic E-state index is -1.48. The predicted octanol–water partition coefficient (Wildman–Crippen LogP) is 3.21. The molecule has 10 heteroatoms. The standard InChI is InChI=1S/C17H19FIN2O4PS/c1-4-5-11-6-7-13(14(18)8-11)15-9-12(24-20-15)10-17(2,27(3)23)16(22)21-25-26-19/h6-8,12,26H,9-10H2,1-3H3,(H,21,22)/t12?,17-,27?/m1/s1. The molecule has 1 aromatic carbocycles. The molecule has 1 aliphatic heterocycles. The fourth-order valence-corrected chi connectivity index (χ4v) is 3.80. The Balaban J connectivity index is 2.10. The predicted molar refractivity (Wildman–Crippen MR) is 114 cm³/mol. The number of hydrogen-bond donors (Lipinski definition) is 1. The molecule has 3 unspecified atom stereocenters. The van der Waals surface area contributed by atoms with Crippen molar-refractivity contribution >= 4 is 50.9 Å². The number of benzene rings is 1. The van der Waals surface area contributed by atoms with Crippen LogP contribution < -0.4 is 5.48 Å². The number of oxime groups is 1. The van der Waals surface area contributed by atoms with Crippen LogP contribution in [0.5, 0.6) is 0 Å². The van der Waals surface area contributed by atoms with Gasteiger partial charge in [-0.3, -0.25) is 9.00 Å². The summed E-state index contributed by atoms with van der Waals surface area (Å²) in [6, 6.07) is 4.67. The van der Waals surface area contributed by atoms with Crippen LogP contribution in [0.25, 0.3) is 0 Å². The van der Waals surface area contributed by atoms with Crippen LogP contribution in [-0.4, -0.2) is 32.9 Å². The monoisotopic (exact) mass is 524 g/mol. The summed E-state index contributed by atoms with van der Waals surface area (Å²) in [5.41, 5.74) is 3.66. The Labute approximate surface area is 174 Å². The lowest BCUT2D eigenvalue weighted by atomic mass is 9.96. The van der Waals surface area contributed by atoms with Crippen molar-refractivity contribution in [2.75, 3.05) is 6.26 Å². The lowest BCUT2D eigenvalue weighted by molar-refractivity contribution is -0.130. The van der Waals surface area contributed by atoms with Gasteiger partial charge in [0.2, 0.25) is 0 Å². The maximum atomic E-state index is 14.4. The number of amides is 1. The third-order valence-corrected chi connectivity index (χ3v) is 6.66. The molecule has 1 aliphatic rings. The van der Waals surface area contributed by atoms with Gasteiger partial charge in [-0.15, -0.1) is 5.92 Å². The molecule has 0 radical (unpaired) electrons. The van der Waals surface area contributed by atoms with Crippen molar-refractivity contribution in [1.82, 2.24) is 5.48 Å². The average molecular weight is 524 g/mol. The lowest BCUT2D eigenvalue weighted by Gasteiger charge is -2.27. The minimum absolute atomic E-state index is 0.0401. The van der Waals surface area contributed by atoms with Crippen LogP contribution in [0.4, 0.5) is 4.39 Å². The van der Waals surface area contributed by atoms with Crippen LogP contribution in [0.15, 0.2) is 23.4 Å². The third-order valence-electron chi connectivity index (χ3n) is 4.20. The maximum Gasteiger partial charge on any atom is 0.262 e. The number of nitrogens with zero attached hydrogens (tertiary/aromatic N) is 1. The Bertz CT molecular complexity index is 842. The van der Waals surface area contributed by atoms with E-state index in [-0.39, 0.29) is 12.9 Å². The molecule has 0 fully saturated rings. The minimum Gasteiger partial charge on any atom is -0.392 e. The first kappa shape index (κ1) is 22.2. The van der Waals surface area contributed by atoms with Crippen molar-refractivity contribution in [2.45, 2.75) is 37.5 Å². The summed E-state index contributed by atoms with van der Waals surface area (Å²) in [7, 11) is -1.48. The van der Waals surface area contributed by atoms with Gasteiger partial charge >= 0.3 is 0 Å². The second-order valence-electron chi connectivity index (χ2n) is 6.04. The molecule has 1 heterocycles. The average Bonchev–Trinajstić information content (AvgIpc) is 3.07. The van der Waals surface area contributed by atoms with Crippen LogP contribution in [0, 0.1) is 17.7 Å². The van der Waals surface area contributed by atoms with Gasteiger partial charge in [0.15, 0.2) is 0 Å². The van der Waals surface area contributed by atoms with Gasteiger partial charge in [0, 0.05) is 41.0 Å². The number of carbonyl (C=O) groups is 1. The molecular formula is C17H19FIN2O4PS. The van der Waals surface area contributed by atoms with Gasteiger partial charge < -0.3 is 4.84 Å². The second kappa shape index (κ2) is 9.92. The van der Waals surface area contributed by atoms with E-state index in [0.717, 1.165) is 0 Å². The molecule has 27 heavy (non-hydrogen) atoms. The zero-order valence-electron chi connectivity index (χ0n) is 15.0. The highest BCUT2D eigenvalue weighted by molar-refractivity contribution is 14.2. The van der Waals surface area contributed by atoms with Crippen molar-refractivity contribution in [3.63, 3.8) is 0 Å². The van der Waals surface area contributed by atoms with Crippen molar-refractivity contribution in [3.8, 4) is 11.8 Å². The largest absolute Gasteiger partial charge is 0.392 e. The summed E-state index contributed by atoms with van der Waals surface area (Å²) < 4.78 is 30.3. The molecule has 0 bridgehead atoms. The zero-order chi connectivity index (χ0) is 20.0. The normalized spacial score (nSPS) is 19.6. The van der Waals surface area contributed by atoms with Crippen LogP contribution in [0.1, 0.15) is 37.8 Å². The molecule has 2 rings (SSSR count). The van der Waals surface area contributed by atoms with E-state index >= 15 is 0 Å². The number of rotatable bonds is 7. The Hall–Kier alpha value is -1.08. The summed E-state index contributed by atoms with van der Waals surface area (Å²) in [6.07, 6.45) is 1.43. The molecular weight excluding hydrogens is 505 g/mol. The highest BCUT2D eigenvalue weighted by atomic mass is 127. The Morgan fingerprint density at radius 1 is 1.63 bits per heavy atom. The number of hydroxylamine groups is 1. The van der Waals surface area contributed by atoms with Gasteiger partial charge in [0.05, 0.1) is 5.71 Å². The lowest BCUT2D eigenvalue weighted by Crippen LogP contribution is -2.48. The van der Waals surface area contributed by atoms with E-state index in [1.807, 2.05) is 22.0 Å². The van der Waals surface area contributed by atoms with Crippen molar-refractivity contribution in [1.29, 1.82) is 0 Å². The van der Waals surface area contributed by atoms with Gasteiger partial charge in [-0.05, 0) is 54.1 Å². The highest BCUT2D eigenvalue weighted by Crippen LogP contribution is 2.29. The van der Waals surface area contributed by atoms with Gasteiger partial charge in [-0.2, -0.15) is 0 Å². The van der Waals surface area contributed by atoms with E-state index in [0.29, 0.717) is 23.3 Å². The zero-order valence-corrected chi connectivity index (χ0v) is 18.9.